The molecule has 24 heavy (non-hydrogen) atoms. The van der Waals surface area contributed by atoms with Crippen LogP contribution in [-0.2, 0) is 0 Å². The van der Waals surface area contributed by atoms with Gasteiger partial charge < -0.3 is 21.5 Å². The molecule has 8 heteroatoms. The Hall–Kier alpha value is -0.695. The molecule has 3 saturated carbocycles. The van der Waals surface area contributed by atoms with Gasteiger partial charge >= 0.3 is 0 Å². The Morgan fingerprint density at radius 1 is 1.54 bits per heavy atom. The second-order valence-electron chi connectivity index (χ2n) is 7.51. The Morgan fingerprint density at radius 2 is 2.21 bits per heavy atom. The maximum Gasteiger partial charge on any atom is 0.189 e. The summed E-state index contributed by atoms with van der Waals surface area (Å²) in [6, 6.07) is -0.430. The molecule has 4 rings (SSSR count). The topological polar surface area (TPSA) is 83.2 Å². The molecule has 0 aliphatic heterocycles. The monoisotopic (exact) mass is 364 g/mol. The highest BCUT2D eigenvalue weighted by molar-refractivity contribution is 7.80. The van der Waals surface area contributed by atoms with E-state index in [-0.39, 0.29) is 5.92 Å². The number of rotatable bonds is 4. The normalized spacial score (nSPS) is 35.2. The molecule has 1 aromatic heterocycles. The fraction of sp³-hybridized carbons (Fsp3) is 0.750. The van der Waals surface area contributed by atoms with E-state index in [0.717, 1.165) is 30.8 Å². The van der Waals surface area contributed by atoms with E-state index in [1.807, 2.05) is 6.20 Å². The molecule has 2 bridgehead atoms. The molecule has 1 aromatic rings. The summed E-state index contributed by atoms with van der Waals surface area (Å²) in [4.78, 5) is 5.53. The smallest absolute Gasteiger partial charge is 0.189 e. The van der Waals surface area contributed by atoms with Crippen molar-refractivity contribution in [1.29, 1.82) is 0 Å². The second kappa shape index (κ2) is 6.55. The summed E-state index contributed by atoms with van der Waals surface area (Å²) in [5.41, 5.74) is 5.31. The van der Waals surface area contributed by atoms with Crippen molar-refractivity contribution in [1.82, 2.24) is 10.3 Å². The van der Waals surface area contributed by atoms with Crippen molar-refractivity contribution in [3.63, 3.8) is 0 Å². The van der Waals surface area contributed by atoms with Gasteiger partial charge in [-0.1, -0.05) is 26.7 Å². The van der Waals surface area contributed by atoms with Gasteiger partial charge in [-0.2, -0.15) is 0 Å². The first-order valence-electron chi connectivity index (χ1n) is 8.52. The van der Waals surface area contributed by atoms with Gasteiger partial charge in [0.15, 0.2) is 10.2 Å². The van der Waals surface area contributed by atoms with Crippen LogP contribution in [0.1, 0.15) is 50.3 Å². The molecule has 0 amide bonds. The van der Waals surface area contributed by atoms with Crippen LogP contribution in [0.15, 0.2) is 6.20 Å². The van der Waals surface area contributed by atoms with Gasteiger partial charge in [0.25, 0.3) is 0 Å². The minimum absolute atomic E-state index is 0.181. The summed E-state index contributed by atoms with van der Waals surface area (Å²) in [7, 11) is 6.41. The summed E-state index contributed by atoms with van der Waals surface area (Å²) in [5.74, 6) is 0.623. The number of aliphatic hydroxyl groups is 1. The molecule has 2 atom stereocenters. The molecule has 1 heterocycles. The lowest BCUT2D eigenvalue weighted by Gasteiger charge is -2.59. The highest BCUT2D eigenvalue weighted by Crippen LogP contribution is 2.56. The predicted octanol–water partition coefficient (Wildman–Crippen LogP) is 2.14. The number of thiazole rings is 1. The molecule has 0 spiro atoms. The quantitative estimate of drug-likeness (QED) is 0.484. The van der Waals surface area contributed by atoms with Gasteiger partial charge in [0.2, 0.25) is 0 Å². The molecule has 3 aliphatic rings. The van der Waals surface area contributed by atoms with E-state index >= 15 is 0 Å². The summed E-state index contributed by atoms with van der Waals surface area (Å²) in [6.45, 7) is 4.57. The minimum Gasteiger partial charge on any atom is -0.386 e. The van der Waals surface area contributed by atoms with Crippen molar-refractivity contribution in [2.45, 2.75) is 62.4 Å². The van der Waals surface area contributed by atoms with Crippen molar-refractivity contribution >= 4 is 41.6 Å². The Labute approximate surface area is 154 Å². The van der Waals surface area contributed by atoms with Crippen LogP contribution in [0.25, 0.3) is 0 Å². The summed E-state index contributed by atoms with van der Waals surface area (Å²) in [6.07, 6.45) is 5.49. The summed E-state index contributed by atoms with van der Waals surface area (Å²) < 4.78 is 0. The van der Waals surface area contributed by atoms with Crippen LogP contribution >= 0.6 is 23.6 Å². The first kappa shape index (κ1) is 18.1. The van der Waals surface area contributed by atoms with Crippen molar-refractivity contribution in [2.75, 3.05) is 11.9 Å². The van der Waals surface area contributed by atoms with E-state index in [2.05, 4.69) is 29.5 Å². The Morgan fingerprint density at radius 3 is 2.79 bits per heavy atom. The van der Waals surface area contributed by atoms with E-state index in [1.165, 1.54) is 4.88 Å². The third kappa shape index (κ3) is 3.21. The van der Waals surface area contributed by atoms with Crippen molar-refractivity contribution in [3.8, 4) is 0 Å². The zero-order chi connectivity index (χ0) is 17.5. The Kier molecular flexibility index (Phi) is 4.94. The van der Waals surface area contributed by atoms with Crippen LogP contribution in [-0.4, -0.2) is 41.2 Å². The number of aromatic nitrogens is 1. The van der Waals surface area contributed by atoms with E-state index in [1.54, 1.807) is 11.3 Å². The number of hydrogen-bond donors (Lipinski definition) is 4. The van der Waals surface area contributed by atoms with Crippen LogP contribution in [0, 0.1) is 5.92 Å². The number of anilines is 1. The van der Waals surface area contributed by atoms with E-state index < -0.39 is 17.0 Å². The maximum atomic E-state index is 11.1. The number of thiocarbonyl (C=S) groups is 1. The van der Waals surface area contributed by atoms with Gasteiger partial charge in [-0.05, 0) is 42.2 Å². The van der Waals surface area contributed by atoms with Crippen molar-refractivity contribution in [3.05, 3.63) is 11.1 Å². The molecule has 3 aliphatic carbocycles. The summed E-state index contributed by atoms with van der Waals surface area (Å²) in [5, 5.41) is 18.1. The average molecular weight is 364 g/mol. The molecule has 5 N–H and O–H groups in total. The Balaban J connectivity index is 1.59. The van der Waals surface area contributed by atoms with Crippen LogP contribution in [0.4, 0.5) is 5.13 Å². The summed E-state index contributed by atoms with van der Waals surface area (Å²) >= 11 is 6.93. The van der Waals surface area contributed by atoms with Crippen LogP contribution in [0.2, 0.25) is 5.31 Å². The fourth-order valence-corrected chi connectivity index (χ4v) is 5.00. The molecule has 3 fully saturated rings. The molecule has 0 aromatic carbocycles. The highest BCUT2D eigenvalue weighted by atomic mass is 32.1. The lowest BCUT2D eigenvalue weighted by Crippen LogP contribution is -2.68. The SMILES string of the molecule is [B]C12CCC(CC1)C(O)(CNC(=S)Nc1ncc(C(C)C)s1)C2N. The average Bonchev–Trinajstić information content (AvgIpc) is 3.00. The predicted molar refractivity (Wildman–Crippen MR) is 104 cm³/mol. The number of nitrogens with zero attached hydrogens (tertiary/aromatic N) is 1. The van der Waals surface area contributed by atoms with Gasteiger partial charge in [0.1, 0.15) is 0 Å². The van der Waals surface area contributed by atoms with Crippen LogP contribution in [0.5, 0.6) is 0 Å². The van der Waals surface area contributed by atoms with Crippen molar-refractivity contribution < 1.29 is 5.11 Å². The second-order valence-corrected chi connectivity index (χ2v) is 8.98. The van der Waals surface area contributed by atoms with Gasteiger partial charge in [0.05, 0.1) is 13.4 Å². The number of hydrogen-bond acceptors (Lipinski definition) is 5. The van der Waals surface area contributed by atoms with Crippen LogP contribution in [0.3, 0.4) is 0 Å². The molecular formula is C16H25BN4OS2. The molecular weight excluding hydrogens is 339 g/mol. The molecule has 0 saturated heterocycles. The van der Waals surface area contributed by atoms with E-state index in [4.69, 9.17) is 25.8 Å². The number of nitrogens with one attached hydrogen (secondary N) is 2. The number of nitrogens with two attached hydrogens (primary N) is 1. The zero-order valence-corrected chi connectivity index (χ0v) is 15.8. The van der Waals surface area contributed by atoms with Gasteiger partial charge in [0, 0.05) is 23.7 Å². The molecule has 2 radical (unpaired) electrons. The lowest BCUT2D eigenvalue weighted by atomic mass is 9.44. The van der Waals surface area contributed by atoms with Crippen LogP contribution < -0.4 is 16.4 Å². The molecule has 2 unspecified atom stereocenters. The standard InChI is InChI=1S/C16H25BN4OS2/c1-9(2)11-7-19-14(24-11)21-13(23)20-8-16(22)10-3-5-15(17,6-4-10)12(16)18/h7,9-10,12,22H,3-6,8,18H2,1-2H3,(H2,19,20,21,23). The van der Waals surface area contributed by atoms with Gasteiger partial charge in [-0.3, -0.25) is 0 Å². The Bertz CT molecular complexity index is 615. The van der Waals surface area contributed by atoms with E-state index in [0.29, 0.717) is 17.6 Å². The first-order valence-corrected chi connectivity index (χ1v) is 9.74. The van der Waals surface area contributed by atoms with Gasteiger partial charge in [-0.15, -0.1) is 11.3 Å². The van der Waals surface area contributed by atoms with E-state index in [9.17, 15) is 5.11 Å². The molecule has 130 valence electrons. The first-order chi connectivity index (χ1) is 11.2. The maximum absolute atomic E-state index is 11.1. The van der Waals surface area contributed by atoms with Gasteiger partial charge in [-0.25, -0.2) is 4.98 Å². The number of fused-ring (bicyclic) bond motifs is 3. The van der Waals surface area contributed by atoms with Crippen molar-refractivity contribution in [2.24, 2.45) is 11.7 Å². The molecule has 5 nitrogen and oxygen atoms in total. The zero-order valence-electron chi connectivity index (χ0n) is 14.2. The lowest BCUT2D eigenvalue weighted by molar-refractivity contribution is -0.104. The third-order valence-corrected chi connectivity index (χ3v) is 7.09. The highest BCUT2D eigenvalue weighted by Gasteiger charge is 2.56. The minimum atomic E-state index is -1.01. The fourth-order valence-electron chi connectivity index (χ4n) is 3.95. The third-order valence-electron chi connectivity index (χ3n) is 5.63. The largest absolute Gasteiger partial charge is 0.386 e.